The molecule has 0 unspecified atom stereocenters. The van der Waals surface area contributed by atoms with Crippen LogP contribution in [0.2, 0.25) is 0 Å². The minimum Gasteiger partial charge on any atom is -0.466 e. The van der Waals surface area contributed by atoms with Crippen LogP contribution in [0.5, 0.6) is 0 Å². The summed E-state index contributed by atoms with van der Waals surface area (Å²) >= 11 is 0. The molecule has 1 aliphatic heterocycles. The Hall–Kier alpha value is -0.760. The molecular weight excluding hydrogens is 138 g/mol. The third kappa shape index (κ3) is 1.46. The maximum atomic E-state index is 5.46. The van der Waals surface area contributed by atoms with Gasteiger partial charge in [-0.25, -0.2) is 0 Å². The van der Waals surface area contributed by atoms with E-state index in [1.807, 2.05) is 13.0 Å². The number of rotatable bonds is 2. The third-order valence-corrected chi connectivity index (χ3v) is 2.15. The SMILES string of the molecule is Cc1ccc(CC2CNC2)o1. The van der Waals surface area contributed by atoms with E-state index >= 15 is 0 Å². The second-order valence-corrected chi connectivity index (χ2v) is 3.24. The first kappa shape index (κ1) is 6.92. The average Bonchev–Trinajstić information content (AvgIpc) is 2.27. The lowest BCUT2D eigenvalue weighted by Gasteiger charge is -2.25. The largest absolute Gasteiger partial charge is 0.466 e. The van der Waals surface area contributed by atoms with Gasteiger partial charge in [0.15, 0.2) is 0 Å². The number of nitrogens with one attached hydrogen (secondary N) is 1. The van der Waals surface area contributed by atoms with Gasteiger partial charge in [0, 0.05) is 6.42 Å². The molecule has 1 N–H and O–H groups in total. The van der Waals surface area contributed by atoms with E-state index in [-0.39, 0.29) is 0 Å². The zero-order chi connectivity index (χ0) is 7.68. The summed E-state index contributed by atoms with van der Waals surface area (Å²) in [6.07, 6.45) is 1.10. The minimum atomic E-state index is 0.806. The second-order valence-electron chi connectivity index (χ2n) is 3.24. The molecule has 0 spiro atoms. The van der Waals surface area contributed by atoms with Crippen molar-refractivity contribution in [3.63, 3.8) is 0 Å². The molecule has 1 aliphatic rings. The van der Waals surface area contributed by atoms with Gasteiger partial charge in [-0.05, 0) is 38.1 Å². The smallest absolute Gasteiger partial charge is 0.104 e. The summed E-state index contributed by atoms with van der Waals surface area (Å²) in [5, 5.41) is 3.25. The highest BCUT2D eigenvalue weighted by Crippen LogP contribution is 2.14. The summed E-state index contributed by atoms with van der Waals surface area (Å²) in [6.45, 7) is 4.29. The van der Waals surface area contributed by atoms with E-state index in [0.717, 1.165) is 36.9 Å². The lowest BCUT2D eigenvalue weighted by molar-refractivity contribution is 0.320. The Morgan fingerprint density at radius 2 is 2.36 bits per heavy atom. The van der Waals surface area contributed by atoms with E-state index in [1.54, 1.807) is 0 Å². The Kier molecular flexibility index (Phi) is 1.70. The highest BCUT2D eigenvalue weighted by atomic mass is 16.3. The zero-order valence-corrected chi connectivity index (χ0v) is 6.76. The van der Waals surface area contributed by atoms with Gasteiger partial charge in [0.05, 0.1) is 0 Å². The van der Waals surface area contributed by atoms with Gasteiger partial charge in [0.2, 0.25) is 0 Å². The molecule has 1 aromatic rings. The van der Waals surface area contributed by atoms with Crippen LogP contribution in [0, 0.1) is 12.8 Å². The van der Waals surface area contributed by atoms with Crippen molar-refractivity contribution in [1.29, 1.82) is 0 Å². The molecule has 0 bridgehead atoms. The fourth-order valence-corrected chi connectivity index (χ4v) is 1.37. The number of hydrogen-bond acceptors (Lipinski definition) is 2. The normalized spacial score (nSPS) is 18.3. The summed E-state index contributed by atoms with van der Waals surface area (Å²) in [6, 6.07) is 4.11. The lowest BCUT2D eigenvalue weighted by Crippen LogP contribution is -2.42. The lowest BCUT2D eigenvalue weighted by atomic mass is 9.98. The van der Waals surface area contributed by atoms with E-state index in [9.17, 15) is 0 Å². The summed E-state index contributed by atoms with van der Waals surface area (Å²) in [5.74, 6) is 2.96. The van der Waals surface area contributed by atoms with Gasteiger partial charge in [-0.1, -0.05) is 0 Å². The topological polar surface area (TPSA) is 25.2 Å². The highest BCUT2D eigenvalue weighted by Gasteiger charge is 2.18. The number of aryl methyl sites for hydroxylation is 1. The summed E-state index contributed by atoms with van der Waals surface area (Å²) in [7, 11) is 0. The van der Waals surface area contributed by atoms with Crippen LogP contribution in [-0.2, 0) is 6.42 Å². The number of hydrogen-bond donors (Lipinski definition) is 1. The van der Waals surface area contributed by atoms with Crippen molar-refractivity contribution < 1.29 is 4.42 Å². The Balaban J connectivity index is 1.95. The van der Waals surface area contributed by atoms with Crippen molar-refractivity contribution in [1.82, 2.24) is 5.32 Å². The van der Waals surface area contributed by atoms with Gasteiger partial charge in [-0.2, -0.15) is 0 Å². The molecule has 60 valence electrons. The molecule has 2 nitrogen and oxygen atoms in total. The van der Waals surface area contributed by atoms with Crippen molar-refractivity contribution in [3.05, 3.63) is 23.7 Å². The molecule has 2 rings (SSSR count). The Morgan fingerprint density at radius 1 is 1.55 bits per heavy atom. The average molecular weight is 151 g/mol. The number of furan rings is 1. The first-order valence-corrected chi connectivity index (χ1v) is 4.10. The molecule has 0 atom stereocenters. The second kappa shape index (κ2) is 2.70. The van der Waals surface area contributed by atoms with Crippen LogP contribution in [-0.4, -0.2) is 13.1 Å². The van der Waals surface area contributed by atoms with Crippen molar-refractivity contribution >= 4 is 0 Å². The first-order chi connectivity index (χ1) is 5.34. The Bertz CT molecular complexity index is 237. The third-order valence-electron chi connectivity index (χ3n) is 2.15. The van der Waals surface area contributed by atoms with Crippen LogP contribution in [0.3, 0.4) is 0 Å². The summed E-state index contributed by atoms with van der Waals surface area (Å²) in [4.78, 5) is 0. The predicted molar refractivity (Wildman–Crippen MR) is 43.5 cm³/mol. The van der Waals surface area contributed by atoms with Crippen molar-refractivity contribution in [2.24, 2.45) is 5.92 Å². The van der Waals surface area contributed by atoms with Crippen LogP contribution in [0.15, 0.2) is 16.5 Å². The molecule has 1 saturated heterocycles. The maximum absolute atomic E-state index is 5.46. The van der Waals surface area contributed by atoms with E-state index in [0.29, 0.717) is 0 Å². The van der Waals surface area contributed by atoms with E-state index in [1.165, 1.54) is 0 Å². The fraction of sp³-hybridized carbons (Fsp3) is 0.556. The predicted octanol–water partition coefficient (Wildman–Crippen LogP) is 1.35. The van der Waals surface area contributed by atoms with Gasteiger partial charge < -0.3 is 9.73 Å². The van der Waals surface area contributed by atoms with Gasteiger partial charge >= 0.3 is 0 Å². The quantitative estimate of drug-likeness (QED) is 0.690. The molecule has 2 heteroatoms. The molecule has 0 saturated carbocycles. The van der Waals surface area contributed by atoms with Crippen LogP contribution in [0.1, 0.15) is 11.5 Å². The minimum absolute atomic E-state index is 0.806. The van der Waals surface area contributed by atoms with Crippen molar-refractivity contribution in [3.8, 4) is 0 Å². The van der Waals surface area contributed by atoms with Crippen LogP contribution < -0.4 is 5.32 Å². The highest BCUT2D eigenvalue weighted by molar-refractivity contribution is 5.07. The maximum Gasteiger partial charge on any atom is 0.104 e. The van der Waals surface area contributed by atoms with Crippen LogP contribution in [0.25, 0.3) is 0 Å². The van der Waals surface area contributed by atoms with E-state index in [2.05, 4.69) is 11.4 Å². The van der Waals surface area contributed by atoms with Crippen molar-refractivity contribution in [2.45, 2.75) is 13.3 Å². The molecule has 0 aliphatic carbocycles. The molecule has 1 fully saturated rings. The summed E-state index contributed by atoms with van der Waals surface area (Å²) in [5.41, 5.74) is 0. The van der Waals surface area contributed by atoms with E-state index in [4.69, 9.17) is 4.42 Å². The molecular formula is C9H13NO. The molecule has 1 aromatic heterocycles. The van der Waals surface area contributed by atoms with Gasteiger partial charge in [-0.3, -0.25) is 0 Å². The van der Waals surface area contributed by atoms with Gasteiger partial charge in [0.25, 0.3) is 0 Å². The Labute approximate surface area is 66.6 Å². The van der Waals surface area contributed by atoms with Crippen LogP contribution >= 0.6 is 0 Å². The molecule has 11 heavy (non-hydrogen) atoms. The van der Waals surface area contributed by atoms with Gasteiger partial charge in [-0.15, -0.1) is 0 Å². The van der Waals surface area contributed by atoms with E-state index < -0.39 is 0 Å². The molecule has 0 amide bonds. The molecule has 2 heterocycles. The monoisotopic (exact) mass is 151 g/mol. The Morgan fingerprint density at radius 3 is 2.82 bits per heavy atom. The zero-order valence-electron chi connectivity index (χ0n) is 6.76. The first-order valence-electron chi connectivity index (χ1n) is 4.10. The molecule has 0 radical (unpaired) electrons. The fourth-order valence-electron chi connectivity index (χ4n) is 1.37. The summed E-state index contributed by atoms with van der Waals surface area (Å²) < 4.78 is 5.46. The van der Waals surface area contributed by atoms with Gasteiger partial charge in [0.1, 0.15) is 11.5 Å². The van der Waals surface area contributed by atoms with Crippen molar-refractivity contribution in [2.75, 3.05) is 13.1 Å². The molecule has 0 aromatic carbocycles. The standard InChI is InChI=1S/C9H13NO/c1-7-2-3-9(11-7)4-8-5-10-6-8/h2-3,8,10H,4-6H2,1H3. The van der Waals surface area contributed by atoms with Crippen LogP contribution in [0.4, 0.5) is 0 Å².